The first-order valence-corrected chi connectivity index (χ1v) is 7.18. The molecule has 4 nitrogen and oxygen atoms in total. The van der Waals surface area contributed by atoms with E-state index in [9.17, 15) is 4.79 Å². The number of rotatable bonds is 7. The van der Waals surface area contributed by atoms with Crippen LogP contribution in [0, 0.1) is 12.8 Å². The van der Waals surface area contributed by atoms with E-state index in [2.05, 4.69) is 19.2 Å². The van der Waals surface area contributed by atoms with Gasteiger partial charge < -0.3 is 15.8 Å². The molecule has 0 aliphatic carbocycles. The van der Waals surface area contributed by atoms with Gasteiger partial charge in [-0.1, -0.05) is 31.5 Å². The quantitative estimate of drug-likeness (QED) is 0.805. The molecule has 4 heteroatoms. The number of nitrogens with two attached hydrogens (primary N) is 1. The molecule has 0 heterocycles. The van der Waals surface area contributed by atoms with Gasteiger partial charge in [-0.05, 0) is 32.3 Å². The van der Waals surface area contributed by atoms with Crippen molar-refractivity contribution in [3.05, 3.63) is 29.3 Å². The summed E-state index contributed by atoms with van der Waals surface area (Å²) in [5.74, 6) is 1.17. The fraction of sp³-hybridized carbons (Fsp3) is 0.562. The number of benzene rings is 1. The van der Waals surface area contributed by atoms with Crippen molar-refractivity contribution < 1.29 is 9.53 Å². The fourth-order valence-corrected chi connectivity index (χ4v) is 1.85. The number of carbonyl (C=O) groups excluding carboxylic acids is 1. The van der Waals surface area contributed by atoms with E-state index in [-0.39, 0.29) is 5.91 Å². The lowest BCUT2D eigenvalue weighted by Crippen LogP contribution is -2.37. The first kappa shape index (κ1) is 16.5. The van der Waals surface area contributed by atoms with Gasteiger partial charge in [0.05, 0.1) is 0 Å². The van der Waals surface area contributed by atoms with Crippen LogP contribution in [-0.4, -0.2) is 18.6 Å². The van der Waals surface area contributed by atoms with Gasteiger partial charge in [-0.15, -0.1) is 0 Å². The molecule has 1 unspecified atom stereocenters. The van der Waals surface area contributed by atoms with E-state index < -0.39 is 6.10 Å². The minimum atomic E-state index is -0.518. The Hall–Kier alpha value is -1.55. The Morgan fingerprint density at radius 3 is 2.65 bits per heavy atom. The van der Waals surface area contributed by atoms with E-state index in [0.29, 0.717) is 24.8 Å². The summed E-state index contributed by atoms with van der Waals surface area (Å²) < 4.78 is 5.72. The third-order valence-corrected chi connectivity index (χ3v) is 3.13. The maximum atomic E-state index is 11.9. The topological polar surface area (TPSA) is 64.3 Å². The van der Waals surface area contributed by atoms with Gasteiger partial charge in [0.2, 0.25) is 0 Å². The van der Waals surface area contributed by atoms with Crippen molar-refractivity contribution in [2.45, 2.75) is 46.8 Å². The van der Waals surface area contributed by atoms with Crippen molar-refractivity contribution in [2.24, 2.45) is 11.7 Å². The zero-order valence-corrected chi connectivity index (χ0v) is 12.9. The summed E-state index contributed by atoms with van der Waals surface area (Å²) in [6, 6.07) is 5.81. The molecule has 1 aromatic rings. The van der Waals surface area contributed by atoms with Crippen molar-refractivity contribution in [2.75, 3.05) is 6.54 Å². The average Bonchev–Trinajstić information content (AvgIpc) is 2.40. The van der Waals surface area contributed by atoms with Crippen molar-refractivity contribution in [1.82, 2.24) is 5.32 Å². The maximum Gasteiger partial charge on any atom is 0.260 e. The third-order valence-electron chi connectivity index (χ3n) is 3.13. The lowest BCUT2D eigenvalue weighted by atomic mass is 10.1. The highest BCUT2D eigenvalue weighted by atomic mass is 16.5. The number of aryl methyl sites for hydroxylation is 1. The molecule has 1 rings (SSSR count). The van der Waals surface area contributed by atoms with Gasteiger partial charge in [0.25, 0.3) is 5.91 Å². The summed E-state index contributed by atoms with van der Waals surface area (Å²) in [5.41, 5.74) is 7.76. The first-order chi connectivity index (χ1) is 9.43. The van der Waals surface area contributed by atoms with Gasteiger partial charge in [0.15, 0.2) is 6.10 Å². The van der Waals surface area contributed by atoms with Crippen molar-refractivity contribution >= 4 is 5.91 Å². The molecule has 0 fully saturated rings. The third kappa shape index (κ3) is 5.21. The highest BCUT2D eigenvalue weighted by Gasteiger charge is 2.15. The van der Waals surface area contributed by atoms with Gasteiger partial charge in [-0.25, -0.2) is 0 Å². The van der Waals surface area contributed by atoms with Crippen molar-refractivity contribution in [3.63, 3.8) is 0 Å². The van der Waals surface area contributed by atoms with Crippen molar-refractivity contribution in [1.29, 1.82) is 0 Å². The molecule has 0 aliphatic rings. The van der Waals surface area contributed by atoms with Crippen LogP contribution in [0.2, 0.25) is 0 Å². The van der Waals surface area contributed by atoms with Gasteiger partial charge in [0, 0.05) is 18.7 Å². The molecule has 0 spiro atoms. The zero-order chi connectivity index (χ0) is 15.1. The Labute approximate surface area is 121 Å². The first-order valence-electron chi connectivity index (χ1n) is 7.18. The van der Waals surface area contributed by atoms with E-state index >= 15 is 0 Å². The number of hydrogen-bond donors (Lipinski definition) is 2. The van der Waals surface area contributed by atoms with Crippen LogP contribution in [0.1, 0.15) is 38.3 Å². The van der Waals surface area contributed by atoms with Crippen LogP contribution in [0.3, 0.4) is 0 Å². The van der Waals surface area contributed by atoms with Gasteiger partial charge in [0.1, 0.15) is 5.75 Å². The smallest absolute Gasteiger partial charge is 0.260 e. The van der Waals surface area contributed by atoms with Crippen LogP contribution in [0.25, 0.3) is 0 Å². The molecule has 0 aliphatic heterocycles. The second kappa shape index (κ2) is 7.90. The summed E-state index contributed by atoms with van der Waals surface area (Å²) >= 11 is 0. The summed E-state index contributed by atoms with van der Waals surface area (Å²) in [7, 11) is 0. The van der Waals surface area contributed by atoms with Gasteiger partial charge in [-0.3, -0.25) is 4.79 Å². The SMILES string of the molecule is Cc1ccc(OC(C)C(=O)NCCC(C)C)c(CN)c1. The van der Waals surface area contributed by atoms with E-state index in [0.717, 1.165) is 17.5 Å². The lowest BCUT2D eigenvalue weighted by Gasteiger charge is -2.17. The highest BCUT2D eigenvalue weighted by molar-refractivity contribution is 5.80. The van der Waals surface area contributed by atoms with E-state index in [1.54, 1.807) is 6.92 Å². The highest BCUT2D eigenvalue weighted by Crippen LogP contribution is 2.20. The Bertz CT molecular complexity index is 444. The van der Waals surface area contributed by atoms with Crippen LogP contribution in [0.15, 0.2) is 18.2 Å². The number of carbonyl (C=O) groups is 1. The predicted octanol–water partition coefficient (Wildman–Crippen LogP) is 2.38. The van der Waals surface area contributed by atoms with Gasteiger partial charge in [-0.2, -0.15) is 0 Å². The Morgan fingerprint density at radius 2 is 2.05 bits per heavy atom. The van der Waals surface area contributed by atoms with Crippen LogP contribution in [0.5, 0.6) is 5.75 Å². The normalized spacial score (nSPS) is 12.3. The average molecular weight is 278 g/mol. The van der Waals surface area contributed by atoms with E-state index in [1.807, 2.05) is 25.1 Å². The van der Waals surface area contributed by atoms with Crippen LogP contribution in [0.4, 0.5) is 0 Å². The molecule has 0 bridgehead atoms. The fourth-order valence-electron chi connectivity index (χ4n) is 1.85. The maximum absolute atomic E-state index is 11.9. The molecule has 112 valence electrons. The van der Waals surface area contributed by atoms with Crippen LogP contribution >= 0.6 is 0 Å². The molecule has 3 N–H and O–H groups in total. The molecule has 1 atom stereocenters. The van der Waals surface area contributed by atoms with E-state index in [1.165, 1.54) is 0 Å². The van der Waals surface area contributed by atoms with Crippen LogP contribution < -0.4 is 15.8 Å². The summed E-state index contributed by atoms with van der Waals surface area (Å²) in [5, 5.41) is 2.89. The second-order valence-corrected chi connectivity index (χ2v) is 5.55. The summed E-state index contributed by atoms with van der Waals surface area (Å²) in [6.45, 7) is 9.11. The predicted molar refractivity (Wildman–Crippen MR) is 81.6 cm³/mol. The number of ether oxygens (including phenoxy) is 1. The monoisotopic (exact) mass is 278 g/mol. The summed E-state index contributed by atoms with van der Waals surface area (Å²) in [6.07, 6.45) is 0.451. The molecular formula is C16H26N2O2. The minimum Gasteiger partial charge on any atom is -0.481 e. The lowest BCUT2D eigenvalue weighted by molar-refractivity contribution is -0.127. The van der Waals surface area contributed by atoms with Crippen LogP contribution in [-0.2, 0) is 11.3 Å². The Kier molecular flexibility index (Phi) is 6.52. The number of nitrogens with one attached hydrogen (secondary N) is 1. The van der Waals surface area contributed by atoms with Gasteiger partial charge >= 0.3 is 0 Å². The standard InChI is InChI=1S/C16H26N2O2/c1-11(2)7-8-18-16(19)13(4)20-15-6-5-12(3)9-14(15)10-17/h5-6,9,11,13H,7-8,10,17H2,1-4H3,(H,18,19). The van der Waals surface area contributed by atoms with E-state index in [4.69, 9.17) is 10.5 Å². The molecule has 1 amide bonds. The molecule has 0 aromatic heterocycles. The molecule has 0 radical (unpaired) electrons. The molecule has 0 saturated carbocycles. The zero-order valence-electron chi connectivity index (χ0n) is 12.9. The van der Waals surface area contributed by atoms with Crippen molar-refractivity contribution in [3.8, 4) is 5.75 Å². The molecule has 1 aromatic carbocycles. The number of hydrogen-bond acceptors (Lipinski definition) is 3. The number of amides is 1. The largest absolute Gasteiger partial charge is 0.481 e. The molecular weight excluding hydrogens is 252 g/mol. The molecule has 0 saturated heterocycles. The second-order valence-electron chi connectivity index (χ2n) is 5.55. The molecule has 20 heavy (non-hydrogen) atoms. The Balaban J connectivity index is 2.57. The Morgan fingerprint density at radius 1 is 1.35 bits per heavy atom. The summed E-state index contributed by atoms with van der Waals surface area (Å²) in [4.78, 5) is 11.9. The minimum absolute atomic E-state index is 0.0887.